The van der Waals surface area contributed by atoms with Crippen molar-refractivity contribution in [1.82, 2.24) is 24.4 Å². The zero-order valence-electron chi connectivity index (χ0n) is 22.5. The molecule has 2 aromatic carbocycles. The quantitative estimate of drug-likeness (QED) is 0.276. The first-order valence-corrected chi connectivity index (χ1v) is 14.7. The van der Waals surface area contributed by atoms with Crippen molar-refractivity contribution in [3.63, 3.8) is 0 Å². The van der Waals surface area contributed by atoms with Gasteiger partial charge >= 0.3 is 5.97 Å². The topological polar surface area (TPSA) is 106 Å². The summed E-state index contributed by atoms with van der Waals surface area (Å²) >= 11 is 1.64. The largest absolute Gasteiger partial charge is 0.478 e. The summed E-state index contributed by atoms with van der Waals surface area (Å²) < 4.78 is 15.0. The Balaban J connectivity index is 1.00. The van der Waals surface area contributed by atoms with E-state index in [0.717, 1.165) is 77.1 Å². The molecule has 0 saturated carbocycles. The Bertz CT molecular complexity index is 1670. The fraction of sp³-hybridized carbons (Fsp3) is 0.333. The van der Waals surface area contributed by atoms with Crippen molar-refractivity contribution in [2.24, 2.45) is 0 Å². The fourth-order valence-corrected chi connectivity index (χ4v) is 6.26. The number of nitrogens with zero attached hydrogens (tertiary/aromatic N) is 6. The monoisotopic (exact) mass is 570 g/mol. The van der Waals surface area contributed by atoms with E-state index in [9.17, 15) is 9.90 Å². The van der Waals surface area contributed by atoms with Gasteiger partial charge in [0, 0.05) is 38.9 Å². The van der Waals surface area contributed by atoms with E-state index in [1.165, 1.54) is 0 Å². The minimum Gasteiger partial charge on any atom is -0.478 e. The summed E-state index contributed by atoms with van der Waals surface area (Å²) in [5.41, 5.74) is 2.93. The molecule has 0 spiro atoms. The van der Waals surface area contributed by atoms with Crippen LogP contribution in [0.25, 0.3) is 21.3 Å². The number of thiazole rings is 1. The molecule has 0 bridgehead atoms. The van der Waals surface area contributed by atoms with Gasteiger partial charge in [0.1, 0.15) is 23.3 Å². The molecule has 1 atom stereocenters. The first-order chi connectivity index (χ1) is 20.1. The van der Waals surface area contributed by atoms with Gasteiger partial charge in [-0.25, -0.2) is 14.8 Å². The molecular weight excluding hydrogens is 540 g/mol. The summed E-state index contributed by atoms with van der Waals surface area (Å²) in [6.07, 6.45) is 1.15. The maximum atomic E-state index is 11.6. The van der Waals surface area contributed by atoms with Crippen LogP contribution >= 0.6 is 11.3 Å². The molecule has 11 heteroatoms. The molecule has 2 fully saturated rings. The minimum absolute atomic E-state index is 0.145. The van der Waals surface area contributed by atoms with Crippen molar-refractivity contribution >= 4 is 44.4 Å². The lowest BCUT2D eigenvalue weighted by molar-refractivity contribution is -0.0592. The molecule has 2 saturated heterocycles. The van der Waals surface area contributed by atoms with Crippen LogP contribution in [0.5, 0.6) is 5.88 Å². The molecule has 10 nitrogen and oxygen atoms in total. The number of benzene rings is 2. The number of carbonyl (C=O) groups is 1. The van der Waals surface area contributed by atoms with Gasteiger partial charge in [0.15, 0.2) is 0 Å². The third-order valence-corrected chi connectivity index (χ3v) is 8.72. The number of imidazole rings is 1. The fourth-order valence-electron chi connectivity index (χ4n) is 5.38. The maximum Gasteiger partial charge on any atom is 0.335 e. The van der Waals surface area contributed by atoms with Crippen LogP contribution in [0.15, 0.2) is 60.7 Å². The Morgan fingerprint density at radius 1 is 1.00 bits per heavy atom. The van der Waals surface area contributed by atoms with E-state index in [0.29, 0.717) is 25.6 Å². The van der Waals surface area contributed by atoms with Crippen molar-refractivity contribution in [3.05, 3.63) is 77.1 Å². The van der Waals surface area contributed by atoms with Crippen LogP contribution in [0.3, 0.4) is 0 Å². The first kappa shape index (κ1) is 25.9. The number of aromatic nitrogens is 4. The molecule has 210 valence electrons. The highest BCUT2D eigenvalue weighted by Crippen LogP contribution is 2.26. The molecule has 1 N–H and O–H groups in total. The molecule has 0 aliphatic carbocycles. The third kappa shape index (κ3) is 5.48. The summed E-state index contributed by atoms with van der Waals surface area (Å²) in [6, 6.07) is 19.1. The summed E-state index contributed by atoms with van der Waals surface area (Å²) in [4.78, 5) is 30.6. The highest BCUT2D eigenvalue weighted by Gasteiger charge is 2.25. The number of hydrogen-bond acceptors (Lipinski definition) is 9. The van der Waals surface area contributed by atoms with Gasteiger partial charge in [0.25, 0.3) is 0 Å². The smallest absolute Gasteiger partial charge is 0.335 e. The predicted molar refractivity (Wildman–Crippen MR) is 157 cm³/mol. The number of piperazine rings is 1. The average Bonchev–Trinajstić information content (AvgIpc) is 3.54. The Hall–Kier alpha value is -4.06. The number of carboxylic acid groups (broad SMARTS) is 1. The summed E-state index contributed by atoms with van der Waals surface area (Å²) in [6.45, 7) is 5.94. The van der Waals surface area contributed by atoms with E-state index in [2.05, 4.69) is 25.4 Å². The molecule has 5 heterocycles. The van der Waals surface area contributed by atoms with Gasteiger partial charge < -0.3 is 24.0 Å². The minimum atomic E-state index is -0.933. The molecule has 5 aromatic rings. The zero-order valence-corrected chi connectivity index (χ0v) is 23.3. The summed E-state index contributed by atoms with van der Waals surface area (Å²) in [5.74, 6) is 1.51. The van der Waals surface area contributed by atoms with Crippen molar-refractivity contribution < 1.29 is 19.4 Å². The third-order valence-electron chi connectivity index (χ3n) is 7.71. The average molecular weight is 571 g/mol. The van der Waals surface area contributed by atoms with Crippen LogP contribution in [-0.4, -0.2) is 74.4 Å². The van der Waals surface area contributed by atoms with E-state index in [4.69, 9.17) is 19.4 Å². The van der Waals surface area contributed by atoms with Gasteiger partial charge in [-0.05, 0) is 42.8 Å². The van der Waals surface area contributed by atoms with E-state index in [1.54, 1.807) is 29.5 Å². The van der Waals surface area contributed by atoms with Crippen molar-refractivity contribution in [2.75, 3.05) is 37.7 Å². The molecule has 3 aromatic heterocycles. The SMILES string of the molecule is O=C(O)c1ccc2nc(CN3CCN(c4cccc(OCc5nc6ccccc6s5)n4)CC3)n(CC3CCO3)c2c1. The molecule has 7 rings (SSSR count). The normalized spacial score (nSPS) is 17.7. The highest BCUT2D eigenvalue weighted by atomic mass is 32.1. The van der Waals surface area contributed by atoms with Crippen LogP contribution in [-0.2, 0) is 24.4 Å². The van der Waals surface area contributed by atoms with Gasteiger partial charge in [-0.15, -0.1) is 11.3 Å². The van der Waals surface area contributed by atoms with Crippen LogP contribution < -0.4 is 9.64 Å². The number of aromatic carboxylic acids is 1. The molecule has 0 amide bonds. The second-order valence-corrected chi connectivity index (χ2v) is 11.5. The number of carboxylic acids is 1. The number of para-hydroxylation sites is 1. The highest BCUT2D eigenvalue weighted by molar-refractivity contribution is 7.18. The zero-order chi connectivity index (χ0) is 27.8. The van der Waals surface area contributed by atoms with Gasteiger partial charge in [0.2, 0.25) is 5.88 Å². The van der Waals surface area contributed by atoms with Gasteiger partial charge in [-0.2, -0.15) is 4.98 Å². The number of fused-ring (bicyclic) bond motifs is 2. The Kier molecular flexibility index (Phi) is 6.99. The maximum absolute atomic E-state index is 11.6. The number of anilines is 1. The lowest BCUT2D eigenvalue weighted by Gasteiger charge is -2.35. The summed E-state index contributed by atoms with van der Waals surface area (Å²) in [7, 11) is 0. The van der Waals surface area contributed by atoms with Crippen molar-refractivity contribution in [2.45, 2.75) is 32.2 Å². The Morgan fingerprint density at radius 3 is 2.63 bits per heavy atom. The van der Waals surface area contributed by atoms with Crippen molar-refractivity contribution in [1.29, 1.82) is 0 Å². The van der Waals surface area contributed by atoms with Crippen LogP contribution in [0.4, 0.5) is 5.82 Å². The van der Waals surface area contributed by atoms with Gasteiger partial charge in [-0.3, -0.25) is 4.90 Å². The lowest BCUT2D eigenvalue weighted by Crippen LogP contribution is -2.46. The van der Waals surface area contributed by atoms with Crippen LogP contribution in [0.1, 0.15) is 27.6 Å². The number of rotatable bonds is 9. The molecule has 0 radical (unpaired) electrons. The molecule has 2 aliphatic rings. The van der Waals surface area contributed by atoms with E-state index in [1.807, 2.05) is 36.4 Å². The van der Waals surface area contributed by atoms with Crippen LogP contribution in [0, 0.1) is 0 Å². The number of ether oxygens (including phenoxy) is 2. The number of hydrogen-bond donors (Lipinski definition) is 1. The Labute approximate surface area is 240 Å². The second-order valence-electron chi connectivity index (χ2n) is 10.4. The molecule has 1 unspecified atom stereocenters. The predicted octanol–water partition coefficient (Wildman–Crippen LogP) is 4.43. The van der Waals surface area contributed by atoms with Gasteiger partial charge in [0.05, 0.1) is 46.0 Å². The van der Waals surface area contributed by atoms with Crippen molar-refractivity contribution in [3.8, 4) is 5.88 Å². The number of pyridine rings is 1. The lowest BCUT2D eigenvalue weighted by atomic mass is 10.1. The summed E-state index contributed by atoms with van der Waals surface area (Å²) in [5, 5.41) is 10.4. The van der Waals surface area contributed by atoms with E-state index >= 15 is 0 Å². The second kappa shape index (κ2) is 11.1. The Morgan fingerprint density at radius 2 is 1.85 bits per heavy atom. The van der Waals surface area contributed by atoms with Crippen LogP contribution in [0.2, 0.25) is 0 Å². The molecule has 2 aliphatic heterocycles. The van der Waals surface area contributed by atoms with E-state index < -0.39 is 5.97 Å². The molecule has 41 heavy (non-hydrogen) atoms. The van der Waals surface area contributed by atoms with E-state index in [-0.39, 0.29) is 11.7 Å². The standard InChI is InChI=1S/C30H30N6O4S/c37-30(38)20-8-9-22-24(16-20)36(17-21-10-15-39-21)27(31-22)18-34-11-13-35(14-12-34)26-6-3-7-28(33-26)40-19-29-32-23-4-1-2-5-25(23)41-29/h1-9,16,21H,10-15,17-19H2,(H,37,38). The first-order valence-electron chi connectivity index (χ1n) is 13.8. The molecular formula is C30H30N6O4S. The van der Waals surface area contributed by atoms with Gasteiger partial charge in [-0.1, -0.05) is 18.2 Å².